The molecule has 0 spiro atoms. The molecule has 154 valence electrons. The first kappa shape index (κ1) is 19.7. The molecule has 4 rings (SSSR count). The maximum atomic E-state index is 12.6. The Morgan fingerprint density at radius 1 is 1.28 bits per heavy atom. The van der Waals surface area contributed by atoms with Gasteiger partial charge in [0, 0.05) is 22.3 Å². The highest BCUT2D eigenvalue weighted by Gasteiger charge is 2.31. The van der Waals surface area contributed by atoms with Crippen LogP contribution in [0.25, 0.3) is 0 Å². The van der Waals surface area contributed by atoms with Crippen molar-refractivity contribution in [2.45, 2.75) is 65.0 Å². The number of nitrogens with two attached hydrogens (primary N) is 1. The fourth-order valence-electron chi connectivity index (χ4n) is 4.12. The summed E-state index contributed by atoms with van der Waals surface area (Å²) in [5, 5.41) is 3.18. The minimum Gasteiger partial charge on any atom is -0.449 e. The third-order valence-corrected chi connectivity index (χ3v) is 6.88. The minimum absolute atomic E-state index is 0.391. The molecule has 0 bridgehead atoms. The SMILES string of the molecule is Cc1cc(C(=O)O[C@@H](C)C(=O)Nc2sc3c(c2C(N)=O)CCC3)c(C)n1C1CC1. The highest BCUT2D eigenvalue weighted by atomic mass is 32.1. The van der Waals surface area contributed by atoms with Gasteiger partial charge in [-0.05, 0) is 64.5 Å². The van der Waals surface area contributed by atoms with Crippen LogP contribution < -0.4 is 11.1 Å². The third-order valence-electron chi connectivity index (χ3n) is 5.67. The van der Waals surface area contributed by atoms with E-state index in [0.717, 1.165) is 53.9 Å². The number of thiophene rings is 1. The van der Waals surface area contributed by atoms with Crippen molar-refractivity contribution in [3.63, 3.8) is 0 Å². The molecule has 0 saturated heterocycles. The largest absolute Gasteiger partial charge is 0.449 e. The molecule has 2 aromatic heterocycles. The predicted octanol–water partition coefficient (Wildman–Crippen LogP) is 3.27. The monoisotopic (exact) mass is 415 g/mol. The van der Waals surface area contributed by atoms with Crippen molar-refractivity contribution in [3.8, 4) is 0 Å². The summed E-state index contributed by atoms with van der Waals surface area (Å²) in [4.78, 5) is 38.2. The van der Waals surface area contributed by atoms with E-state index in [4.69, 9.17) is 10.5 Å². The first-order chi connectivity index (χ1) is 13.8. The number of carbonyl (C=O) groups excluding carboxylic acids is 3. The van der Waals surface area contributed by atoms with Crippen molar-refractivity contribution >= 4 is 34.1 Å². The molecule has 7 nitrogen and oxygen atoms in total. The highest BCUT2D eigenvalue weighted by molar-refractivity contribution is 7.17. The Kier molecular flexibility index (Phi) is 4.98. The lowest BCUT2D eigenvalue weighted by molar-refractivity contribution is -0.123. The van der Waals surface area contributed by atoms with Crippen LogP contribution in [0.3, 0.4) is 0 Å². The number of carbonyl (C=O) groups is 3. The quantitative estimate of drug-likeness (QED) is 0.707. The Morgan fingerprint density at radius 2 is 2.00 bits per heavy atom. The summed E-state index contributed by atoms with van der Waals surface area (Å²) in [6, 6.07) is 2.28. The summed E-state index contributed by atoms with van der Waals surface area (Å²) in [5.41, 5.74) is 9.24. The molecule has 2 aliphatic rings. The number of aromatic nitrogens is 1. The Bertz CT molecular complexity index is 1020. The molecule has 0 unspecified atom stereocenters. The normalized spacial score (nSPS) is 16.4. The smallest absolute Gasteiger partial charge is 0.340 e. The zero-order chi connectivity index (χ0) is 20.9. The fraction of sp³-hybridized carbons (Fsp3) is 0.476. The molecule has 3 N–H and O–H groups in total. The summed E-state index contributed by atoms with van der Waals surface area (Å²) in [6.07, 6.45) is 3.92. The van der Waals surface area contributed by atoms with Crippen LogP contribution in [-0.2, 0) is 22.4 Å². The number of hydrogen-bond acceptors (Lipinski definition) is 5. The zero-order valence-corrected chi connectivity index (χ0v) is 17.6. The van der Waals surface area contributed by atoms with Crippen molar-refractivity contribution in [3.05, 3.63) is 39.0 Å². The lowest BCUT2D eigenvalue weighted by Gasteiger charge is -2.14. The number of amides is 2. The van der Waals surface area contributed by atoms with E-state index in [2.05, 4.69) is 9.88 Å². The van der Waals surface area contributed by atoms with Gasteiger partial charge >= 0.3 is 5.97 Å². The van der Waals surface area contributed by atoms with E-state index in [-0.39, 0.29) is 0 Å². The first-order valence-electron chi connectivity index (χ1n) is 9.92. The molecule has 1 fully saturated rings. The van der Waals surface area contributed by atoms with Crippen LogP contribution in [0.2, 0.25) is 0 Å². The Hall–Kier alpha value is -2.61. The highest BCUT2D eigenvalue weighted by Crippen LogP contribution is 2.39. The topological polar surface area (TPSA) is 103 Å². The number of aryl methyl sites for hydroxylation is 2. The summed E-state index contributed by atoms with van der Waals surface area (Å²) in [6.45, 7) is 5.40. The predicted molar refractivity (Wildman–Crippen MR) is 111 cm³/mol. The average molecular weight is 416 g/mol. The first-order valence-corrected chi connectivity index (χ1v) is 10.7. The van der Waals surface area contributed by atoms with Crippen molar-refractivity contribution < 1.29 is 19.1 Å². The van der Waals surface area contributed by atoms with Gasteiger partial charge in [-0.1, -0.05) is 0 Å². The second-order valence-electron chi connectivity index (χ2n) is 7.85. The Morgan fingerprint density at radius 3 is 2.66 bits per heavy atom. The van der Waals surface area contributed by atoms with Gasteiger partial charge in [0.2, 0.25) is 0 Å². The number of nitrogens with zero attached hydrogens (tertiary/aromatic N) is 1. The van der Waals surface area contributed by atoms with Gasteiger partial charge in [-0.25, -0.2) is 4.79 Å². The maximum absolute atomic E-state index is 12.6. The van der Waals surface area contributed by atoms with Gasteiger partial charge in [0.25, 0.3) is 11.8 Å². The van der Waals surface area contributed by atoms with E-state index >= 15 is 0 Å². The van der Waals surface area contributed by atoms with Crippen LogP contribution >= 0.6 is 11.3 Å². The van der Waals surface area contributed by atoms with E-state index in [1.54, 1.807) is 0 Å². The van der Waals surface area contributed by atoms with E-state index < -0.39 is 23.9 Å². The lowest BCUT2D eigenvalue weighted by atomic mass is 10.1. The maximum Gasteiger partial charge on any atom is 0.340 e. The van der Waals surface area contributed by atoms with Crippen molar-refractivity contribution in [1.82, 2.24) is 4.57 Å². The Labute approximate surface area is 173 Å². The molecule has 1 atom stereocenters. The zero-order valence-electron chi connectivity index (χ0n) is 16.8. The number of nitrogens with one attached hydrogen (secondary N) is 1. The van der Waals surface area contributed by atoms with Crippen LogP contribution in [0, 0.1) is 13.8 Å². The van der Waals surface area contributed by atoms with Crippen molar-refractivity contribution in [2.75, 3.05) is 5.32 Å². The molecule has 0 aliphatic heterocycles. The van der Waals surface area contributed by atoms with Gasteiger partial charge in [-0.3, -0.25) is 9.59 Å². The van der Waals surface area contributed by atoms with E-state index in [9.17, 15) is 14.4 Å². The number of fused-ring (bicyclic) bond motifs is 1. The number of ether oxygens (including phenoxy) is 1. The van der Waals surface area contributed by atoms with Crippen LogP contribution in [0.5, 0.6) is 0 Å². The number of rotatable bonds is 6. The molecule has 2 aliphatic carbocycles. The van der Waals surface area contributed by atoms with Crippen LogP contribution in [0.15, 0.2) is 6.07 Å². The number of primary amides is 1. The Balaban J connectivity index is 1.46. The molecule has 2 heterocycles. The van der Waals surface area contributed by atoms with Gasteiger partial charge in [0.05, 0.1) is 11.1 Å². The van der Waals surface area contributed by atoms with Gasteiger partial charge in [0.1, 0.15) is 5.00 Å². The molecule has 2 amide bonds. The van der Waals surface area contributed by atoms with Gasteiger partial charge in [0.15, 0.2) is 6.10 Å². The fourth-order valence-corrected chi connectivity index (χ4v) is 5.42. The van der Waals surface area contributed by atoms with Gasteiger partial charge < -0.3 is 20.4 Å². The van der Waals surface area contributed by atoms with E-state index in [1.165, 1.54) is 18.3 Å². The summed E-state index contributed by atoms with van der Waals surface area (Å²) in [5.74, 6) is -1.54. The van der Waals surface area contributed by atoms with Crippen molar-refractivity contribution in [1.29, 1.82) is 0 Å². The van der Waals surface area contributed by atoms with E-state index in [1.807, 2.05) is 19.9 Å². The third kappa shape index (κ3) is 3.57. The van der Waals surface area contributed by atoms with Crippen molar-refractivity contribution in [2.24, 2.45) is 5.73 Å². The van der Waals surface area contributed by atoms with E-state index in [0.29, 0.717) is 22.2 Å². The van der Waals surface area contributed by atoms with Crippen LogP contribution in [0.1, 0.15) is 74.8 Å². The summed E-state index contributed by atoms with van der Waals surface area (Å²) >= 11 is 1.38. The van der Waals surface area contributed by atoms with Crippen LogP contribution in [-0.4, -0.2) is 28.5 Å². The molecular formula is C21H25N3O4S. The lowest BCUT2D eigenvalue weighted by Crippen LogP contribution is -2.30. The standard InChI is InChI=1S/C21H25N3O4S/c1-10-9-15(11(2)24(10)13-7-8-13)21(27)28-12(3)19(26)23-20-17(18(22)25)14-5-4-6-16(14)29-20/h9,12-13H,4-8H2,1-3H3,(H2,22,25)(H,23,26)/t12-/m0/s1. The number of esters is 1. The molecular weight excluding hydrogens is 390 g/mol. The second-order valence-corrected chi connectivity index (χ2v) is 8.95. The minimum atomic E-state index is -0.996. The molecule has 29 heavy (non-hydrogen) atoms. The molecule has 1 saturated carbocycles. The van der Waals surface area contributed by atoms with Crippen LogP contribution in [0.4, 0.5) is 5.00 Å². The number of hydrogen-bond donors (Lipinski definition) is 2. The summed E-state index contributed by atoms with van der Waals surface area (Å²) < 4.78 is 7.58. The molecule has 0 aromatic carbocycles. The molecule has 0 radical (unpaired) electrons. The second kappa shape index (κ2) is 7.33. The average Bonchev–Trinajstić information content (AvgIpc) is 3.15. The number of anilines is 1. The van der Waals surface area contributed by atoms with Gasteiger partial charge in [-0.15, -0.1) is 11.3 Å². The molecule has 8 heteroatoms. The summed E-state index contributed by atoms with van der Waals surface area (Å²) in [7, 11) is 0. The molecule has 2 aromatic rings. The van der Waals surface area contributed by atoms with Gasteiger partial charge in [-0.2, -0.15) is 0 Å².